The van der Waals surface area contributed by atoms with Crippen LogP contribution in [0, 0.1) is 18.6 Å². The van der Waals surface area contributed by atoms with E-state index in [-0.39, 0.29) is 24.8 Å². The zero-order valence-electron chi connectivity index (χ0n) is 23.6. The number of rotatable bonds is 16. The molecule has 2 rings (SSSR count). The molecule has 0 spiro atoms. The van der Waals surface area contributed by atoms with Gasteiger partial charge in [-0.1, -0.05) is 13.8 Å². The van der Waals surface area contributed by atoms with Gasteiger partial charge in [-0.05, 0) is 81.0 Å². The van der Waals surface area contributed by atoms with E-state index in [9.17, 15) is 23.5 Å². The van der Waals surface area contributed by atoms with Gasteiger partial charge in [0.15, 0.2) is 0 Å². The summed E-state index contributed by atoms with van der Waals surface area (Å²) in [6, 6.07) is 7.36. The van der Waals surface area contributed by atoms with Crippen molar-refractivity contribution in [1.29, 1.82) is 0 Å². The van der Waals surface area contributed by atoms with E-state index in [4.69, 9.17) is 10.5 Å². The quantitative estimate of drug-likeness (QED) is 0.305. The summed E-state index contributed by atoms with van der Waals surface area (Å²) >= 11 is 0. The summed E-state index contributed by atoms with van der Waals surface area (Å²) in [5.41, 5.74) is 8.06. The summed E-state index contributed by atoms with van der Waals surface area (Å²) in [5, 5.41) is 10.9. The number of halogens is 2. The van der Waals surface area contributed by atoms with Crippen LogP contribution < -0.4 is 5.73 Å². The number of hydrogen-bond acceptors (Lipinski definition) is 5. The molecule has 0 aromatic heterocycles. The summed E-state index contributed by atoms with van der Waals surface area (Å²) in [7, 11) is 0. The molecule has 7 nitrogen and oxygen atoms in total. The van der Waals surface area contributed by atoms with E-state index in [1.165, 1.54) is 17.0 Å². The maximum absolute atomic E-state index is 13.7. The number of nitrogens with two attached hydrogens (primary N) is 1. The summed E-state index contributed by atoms with van der Waals surface area (Å²) in [5.74, 6) is -1.91. The first kappa shape index (κ1) is 32.3. The zero-order chi connectivity index (χ0) is 28.9. The molecule has 0 aliphatic heterocycles. The number of carbonyl (C=O) groups is 2. The lowest BCUT2D eigenvalue weighted by atomic mass is 10.0. The first-order valence-electron chi connectivity index (χ1n) is 13.8. The third-order valence-corrected chi connectivity index (χ3v) is 6.35. The highest BCUT2D eigenvalue weighted by atomic mass is 19.1. The molecule has 39 heavy (non-hydrogen) atoms. The van der Waals surface area contributed by atoms with E-state index in [1.54, 1.807) is 23.1 Å². The Morgan fingerprint density at radius 1 is 0.897 bits per heavy atom. The number of carbonyl (C=O) groups excluding carboxylic acids is 2. The van der Waals surface area contributed by atoms with Crippen molar-refractivity contribution in [1.82, 2.24) is 9.80 Å². The molecular formula is C30H43F2N3O4. The van der Waals surface area contributed by atoms with E-state index in [2.05, 4.69) is 0 Å². The van der Waals surface area contributed by atoms with Gasteiger partial charge >= 0.3 is 0 Å². The predicted molar refractivity (Wildman–Crippen MR) is 149 cm³/mol. The van der Waals surface area contributed by atoms with Crippen LogP contribution in [0.25, 0.3) is 0 Å². The number of benzene rings is 2. The molecular weight excluding hydrogens is 504 g/mol. The van der Waals surface area contributed by atoms with Crippen LogP contribution >= 0.6 is 0 Å². The number of ether oxygens (including phenoxy) is 1. The van der Waals surface area contributed by atoms with Gasteiger partial charge in [-0.25, -0.2) is 8.78 Å². The highest BCUT2D eigenvalue weighted by Gasteiger charge is 2.25. The van der Waals surface area contributed by atoms with E-state index in [1.807, 2.05) is 27.7 Å². The van der Waals surface area contributed by atoms with Crippen LogP contribution in [0.1, 0.15) is 71.9 Å². The van der Waals surface area contributed by atoms with Gasteiger partial charge in [0.2, 0.25) is 0 Å². The topological polar surface area (TPSA) is 96.1 Å². The molecule has 0 heterocycles. The van der Waals surface area contributed by atoms with E-state index in [0.717, 1.165) is 24.5 Å². The molecule has 2 aromatic rings. The Morgan fingerprint density at radius 3 is 2.00 bits per heavy atom. The van der Waals surface area contributed by atoms with Gasteiger partial charge in [0.05, 0.1) is 6.10 Å². The van der Waals surface area contributed by atoms with Crippen molar-refractivity contribution in [2.45, 2.75) is 65.5 Å². The maximum Gasteiger partial charge on any atom is 0.253 e. The predicted octanol–water partition coefficient (Wildman–Crippen LogP) is 4.34. The molecule has 0 fully saturated rings. The van der Waals surface area contributed by atoms with Gasteiger partial charge in [-0.15, -0.1) is 0 Å². The van der Waals surface area contributed by atoms with Crippen LogP contribution in [0.2, 0.25) is 0 Å². The highest BCUT2D eigenvalue weighted by Crippen LogP contribution is 2.17. The smallest absolute Gasteiger partial charge is 0.253 e. The van der Waals surface area contributed by atoms with E-state index >= 15 is 0 Å². The van der Waals surface area contributed by atoms with Crippen LogP contribution in [0.5, 0.6) is 0 Å². The van der Waals surface area contributed by atoms with Crippen molar-refractivity contribution in [2.24, 2.45) is 5.73 Å². The number of aryl methyl sites for hydroxylation is 1. The minimum atomic E-state index is -1.15. The monoisotopic (exact) mass is 547 g/mol. The molecule has 0 aliphatic carbocycles. The fourth-order valence-corrected chi connectivity index (χ4v) is 4.53. The van der Waals surface area contributed by atoms with Crippen molar-refractivity contribution in [3.63, 3.8) is 0 Å². The molecule has 3 N–H and O–H groups in total. The number of aliphatic hydroxyl groups is 1. The van der Waals surface area contributed by atoms with E-state index < -0.39 is 23.8 Å². The molecule has 2 aromatic carbocycles. The van der Waals surface area contributed by atoms with Crippen molar-refractivity contribution >= 4 is 11.8 Å². The number of hydrogen-bond donors (Lipinski definition) is 2. The van der Waals surface area contributed by atoms with Crippen molar-refractivity contribution in [3.8, 4) is 0 Å². The second-order valence-electron chi connectivity index (χ2n) is 9.89. The van der Waals surface area contributed by atoms with Crippen molar-refractivity contribution in [2.75, 3.05) is 39.4 Å². The van der Waals surface area contributed by atoms with Gasteiger partial charge in [0.1, 0.15) is 11.6 Å². The lowest BCUT2D eigenvalue weighted by Crippen LogP contribution is -2.47. The van der Waals surface area contributed by atoms with Crippen LogP contribution in [-0.2, 0) is 11.2 Å². The van der Waals surface area contributed by atoms with Gasteiger partial charge in [-0.2, -0.15) is 0 Å². The molecule has 2 amide bonds. The highest BCUT2D eigenvalue weighted by molar-refractivity contribution is 6.00. The third kappa shape index (κ3) is 10.3. The lowest BCUT2D eigenvalue weighted by molar-refractivity contribution is 0.0538. The molecule has 0 radical (unpaired) electrons. The number of aliphatic hydroxyl groups excluding tert-OH is 1. The summed E-state index contributed by atoms with van der Waals surface area (Å²) < 4.78 is 32.6. The Hall–Kier alpha value is -2.88. The molecule has 0 bridgehead atoms. The fourth-order valence-electron chi connectivity index (χ4n) is 4.53. The Bertz CT molecular complexity index is 1060. The first-order chi connectivity index (χ1) is 18.6. The van der Waals surface area contributed by atoms with Crippen molar-refractivity contribution in [3.05, 3.63) is 70.3 Å². The minimum Gasteiger partial charge on any atom is -0.390 e. The second-order valence-corrected chi connectivity index (χ2v) is 9.89. The molecule has 0 saturated heterocycles. The third-order valence-electron chi connectivity index (χ3n) is 6.35. The molecule has 0 unspecified atom stereocenters. The van der Waals surface area contributed by atoms with Gasteiger partial charge in [0, 0.05) is 62.6 Å². The van der Waals surface area contributed by atoms with Crippen LogP contribution in [0.4, 0.5) is 8.78 Å². The zero-order valence-corrected chi connectivity index (χ0v) is 23.6. The molecule has 0 aliphatic rings. The van der Waals surface area contributed by atoms with Crippen LogP contribution in [-0.4, -0.2) is 78.3 Å². The van der Waals surface area contributed by atoms with Crippen LogP contribution in [0.15, 0.2) is 36.4 Å². The fraction of sp³-hybridized carbons (Fsp3) is 0.533. The van der Waals surface area contributed by atoms with Crippen molar-refractivity contribution < 1.29 is 28.2 Å². The molecule has 216 valence electrons. The molecule has 2 atom stereocenters. The molecule has 0 saturated carbocycles. The number of amides is 2. The average Bonchev–Trinajstić information content (AvgIpc) is 2.88. The lowest BCUT2D eigenvalue weighted by Gasteiger charge is -2.29. The Kier molecular flexibility index (Phi) is 13.5. The second kappa shape index (κ2) is 16.3. The van der Waals surface area contributed by atoms with Crippen LogP contribution in [0.3, 0.4) is 0 Å². The Balaban J connectivity index is 2.26. The minimum absolute atomic E-state index is 0.0324. The van der Waals surface area contributed by atoms with E-state index in [0.29, 0.717) is 56.0 Å². The largest absolute Gasteiger partial charge is 0.390 e. The summed E-state index contributed by atoms with van der Waals surface area (Å²) in [6.07, 6.45) is 1.08. The molecule has 9 heteroatoms. The SMILES string of the molecule is CCCN(CCC)C(=O)c1cc(C)cc(C(=O)N(CCCOCC)C[C@@H](O)[C@@H](N)Cc2cc(F)cc(F)c2)c1. The first-order valence-corrected chi connectivity index (χ1v) is 13.8. The normalized spacial score (nSPS) is 12.7. The standard InChI is InChI=1S/C30H43F2N3O4/c1-5-9-34(10-6-2)29(37)23-13-21(4)14-24(18-23)30(38)35(11-8-12-39-7-3)20-28(36)27(33)17-22-15-25(31)19-26(32)16-22/h13-16,18-19,27-28,36H,5-12,17,20,33H2,1-4H3/t27-,28+/m0/s1. The summed E-state index contributed by atoms with van der Waals surface area (Å²) in [6.45, 7) is 10.2. The Morgan fingerprint density at radius 2 is 1.46 bits per heavy atom. The van der Waals surface area contributed by atoms with Gasteiger partial charge in [-0.3, -0.25) is 9.59 Å². The van der Waals surface area contributed by atoms with Gasteiger partial charge < -0.3 is 25.4 Å². The van der Waals surface area contributed by atoms with Gasteiger partial charge in [0.25, 0.3) is 11.8 Å². The average molecular weight is 548 g/mol. The summed E-state index contributed by atoms with van der Waals surface area (Å²) in [4.78, 5) is 30.2. The Labute approximate surface area is 230 Å². The number of nitrogens with zero attached hydrogens (tertiary/aromatic N) is 2. The maximum atomic E-state index is 13.7.